The number of hydrogen-bond donors (Lipinski definition) is 1. The number of benzene rings is 1. The monoisotopic (exact) mass is 381 g/mol. The lowest BCUT2D eigenvalue weighted by molar-refractivity contribution is -0.126. The van der Waals surface area contributed by atoms with Gasteiger partial charge in [0, 0.05) is 37.0 Å². The zero-order valence-electron chi connectivity index (χ0n) is 16.5. The molecule has 0 bridgehead atoms. The molecule has 0 aliphatic carbocycles. The fourth-order valence-electron chi connectivity index (χ4n) is 3.26. The van der Waals surface area contributed by atoms with Crippen molar-refractivity contribution in [3.05, 3.63) is 53.7 Å². The molecule has 0 saturated carbocycles. The molecule has 2 heterocycles. The van der Waals surface area contributed by atoms with Crippen molar-refractivity contribution in [1.82, 2.24) is 10.3 Å². The quantitative estimate of drug-likeness (QED) is 0.763. The Morgan fingerprint density at radius 2 is 2.04 bits per heavy atom. The van der Waals surface area contributed by atoms with Gasteiger partial charge in [-0.1, -0.05) is 32.0 Å². The maximum Gasteiger partial charge on any atom is 0.227 e. The number of carbonyl (C=O) groups excluding carboxylic acids is 2. The predicted octanol–water partition coefficient (Wildman–Crippen LogP) is 3.10. The third-order valence-electron chi connectivity index (χ3n) is 4.90. The average molecular weight is 381 g/mol. The van der Waals surface area contributed by atoms with E-state index in [1.807, 2.05) is 43.3 Å². The zero-order chi connectivity index (χ0) is 19.9. The van der Waals surface area contributed by atoms with Gasteiger partial charge in [0.1, 0.15) is 0 Å². The van der Waals surface area contributed by atoms with Crippen LogP contribution in [0.1, 0.15) is 37.8 Å². The summed E-state index contributed by atoms with van der Waals surface area (Å²) in [6, 6.07) is 11.7. The van der Waals surface area contributed by atoms with Crippen LogP contribution in [-0.4, -0.2) is 29.9 Å². The summed E-state index contributed by atoms with van der Waals surface area (Å²) in [5.74, 6) is 0.0592. The largest absolute Gasteiger partial charge is 0.477 e. The van der Waals surface area contributed by atoms with Crippen LogP contribution in [0.3, 0.4) is 0 Å². The number of carbonyl (C=O) groups is 2. The Bertz CT molecular complexity index is 820. The summed E-state index contributed by atoms with van der Waals surface area (Å²) in [6.07, 6.45) is 3.75. The minimum absolute atomic E-state index is 0.0160. The first-order chi connectivity index (χ1) is 13.6. The fraction of sp³-hybridized carbons (Fsp3) is 0.409. The van der Waals surface area contributed by atoms with Gasteiger partial charge in [0.15, 0.2) is 0 Å². The molecule has 2 aromatic rings. The standard InChI is InChI=1S/C22H27N3O3/c1-3-12-28-22-17(6-5-11-23-22)14-24-21(27)18-13-20(26)25(15-18)19-9-7-16(4-2)8-10-19/h5-11,18H,3-4,12-15H2,1-2H3,(H,24,27)/t18-/m0/s1. The lowest BCUT2D eigenvalue weighted by Gasteiger charge is -2.17. The van der Waals surface area contributed by atoms with Crippen molar-refractivity contribution < 1.29 is 14.3 Å². The van der Waals surface area contributed by atoms with Crippen LogP contribution in [0, 0.1) is 5.92 Å². The van der Waals surface area contributed by atoms with Gasteiger partial charge in [-0.25, -0.2) is 4.98 Å². The molecule has 1 aliphatic heterocycles. The Morgan fingerprint density at radius 1 is 1.25 bits per heavy atom. The molecule has 2 amide bonds. The SMILES string of the molecule is CCCOc1ncccc1CNC(=O)[C@H]1CC(=O)N(c2ccc(CC)cc2)C1. The topological polar surface area (TPSA) is 71.5 Å². The van der Waals surface area contributed by atoms with E-state index < -0.39 is 0 Å². The van der Waals surface area contributed by atoms with Gasteiger partial charge in [-0.3, -0.25) is 9.59 Å². The number of aryl methyl sites for hydroxylation is 1. The van der Waals surface area contributed by atoms with E-state index in [1.165, 1.54) is 5.56 Å². The highest BCUT2D eigenvalue weighted by molar-refractivity contribution is 6.00. The van der Waals surface area contributed by atoms with Crippen molar-refractivity contribution >= 4 is 17.5 Å². The molecule has 3 rings (SSSR count). The summed E-state index contributed by atoms with van der Waals surface area (Å²) in [6.45, 7) is 5.45. The number of ether oxygens (including phenoxy) is 1. The number of amides is 2. The van der Waals surface area contributed by atoms with Gasteiger partial charge in [-0.2, -0.15) is 0 Å². The van der Waals surface area contributed by atoms with Crippen molar-refractivity contribution in [3.8, 4) is 5.88 Å². The van der Waals surface area contributed by atoms with Crippen molar-refractivity contribution in [2.45, 2.75) is 39.7 Å². The maximum absolute atomic E-state index is 12.6. The number of aromatic nitrogens is 1. The summed E-state index contributed by atoms with van der Waals surface area (Å²) in [5, 5.41) is 2.93. The zero-order valence-corrected chi connectivity index (χ0v) is 16.5. The normalized spacial score (nSPS) is 16.3. The van der Waals surface area contributed by atoms with E-state index in [0.717, 1.165) is 24.1 Å². The van der Waals surface area contributed by atoms with Crippen molar-refractivity contribution in [2.24, 2.45) is 5.92 Å². The average Bonchev–Trinajstić information content (AvgIpc) is 3.12. The van der Waals surface area contributed by atoms with Gasteiger partial charge in [-0.05, 0) is 36.6 Å². The molecule has 0 spiro atoms. The van der Waals surface area contributed by atoms with E-state index in [-0.39, 0.29) is 24.2 Å². The lowest BCUT2D eigenvalue weighted by atomic mass is 10.1. The highest BCUT2D eigenvalue weighted by atomic mass is 16.5. The van der Waals surface area contributed by atoms with Crippen LogP contribution < -0.4 is 15.0 Å². The van der Waals surface area contributed by atoms with Gasteiger partial charge in [0.2, 0.25) is 17.7 Å². The number of anilines is 1. The maximum atomic E-state index is 12.6. The number of pyridine rings is 1. The van der Waals surface area contributed by atoms with Gasteiger partial charge < -0.3 is 15.0 Å². The Balaban J connectivity index is 1.59. The summed E-state index contributed by atoms with van der Waals surface area (Å²) < 4.78 is 5.63. The van der Waals surface area contributed by atoms with Crippen LogP contribution in [0.2, 0.25) is 0 Å². The summed E-state index contributed by atoms with van der Waals surface area (Å²) in [4.78, 5) is 31.0. The second-order valence-corrected chi connectivity index (χ2v) is 6.96. The van der Waals surface area contributed by atoms with Crippen LogP contribution in [0.5, 0.6) is 5.88 Å². The van der Waals surface area contributed by atoms with Gasteiger partial charge >= 0.3 is 0 Å². The number of nitrogens with one attached hydrogen (secondary N) is 1. The Kier molecular flexibility index (Phi) is 6.63. The molecule has 1 fully saturated rings. The highest BCUT2D eigenvalue weighted by Gasteiger charge is 2.35. The number of hydrogen-bond acceptors (Lipinski definition) is 4. The Labute approximate surface area is 165 Å². The molecule has 6 heteroatoms. The smallest absolute Gasteiger partial charge is 0.227 e. The van der Waals surface area contributed by atoms with Crippen LogP contribution in [0.4, 0.5) is 5.69 Å². The molecular formula is C22H27N3O3. The van der Waals surface area contributed by atoms with Crippen molar-refractivity contribution in [3.63, 3.8) is 0 Å². The molecule has 1 N–H and O–H groups in total. The van der Waals surface area contributed by atoms with E-state index in [0.29, 0.717) is 25.6 Å². The van der Waals surface area contributed by atoms with Crippen LogP contribution in [0.25, 0.3) is 0 Å². The summed E-state index contributed by atoms with van der Waals surface area (Å²) in [5.41, 5.74) is 2.91. The van der Waals surface area contributed by atoms with Crippen molar-refractivity contribution in [1.29, 1.82) is 0 Å². The Hall–Kier alpha value is -2.89. The molecule has 1 atom stereocenters. The third kappa shape index (κ3) is 4.68. The number of rotatable bonds is 8. The fourth-order valence-corrected chi connectivity index (χ4v) is 3.26. The van der Waals surface area contributed by atoms with E-state index in [9.17, 15) is 9.59 Å². The molecule has 148 valence electrons. The van der Waals surface area contributed by atoms with Gasteiger partial charge in [0.05, 0.1) is 12.5 Å². The highest BCUT2D eigenvalue weighted by Crippen LogP contribution is 2.26. The van der Waals surface area contributed by atoms with E-state index >= 15 is 0 Å². The molecule has 1 saturated heterocycles. The van der Waals surface area contributed by atoms with Crippen LogP contribution >= 0.6 is 0 Å². The van der Waals surface area contributed by atoms with E-state index in [1.54, 1.807) is 11.1 Å². The summed E-state index contributed by atoms with van der Waals surface area (Å²) in [7, 11) is 0. The Morgan fingerprint density at radius 3 is 2.75 bits per heavy atom. The first kappa shape index (κ1) is 19.9. The number of nitrogens with zero attached hydrogens (tertiary/aromatic N) is 2. The lowest BCUT2D eigenvalue weighted by Crippen LogP contribution is -2.32. The molecular weight excluding hydrogens is 354 g/mol. The minimum Gasteiger partial charge on any atom is -0.477 e. The first-order valence-electron chi connectivity index (χ1n) is 9.86. The molecule has 1 aliphatic rings. The predicted molar refractivity (Wildman–Crippen MR) is 108 cm³/mol. The van der Waals surface area contributed by atoms with Gasteiger partial charge in [-0.15, -0.1) is 0 Å². The molecule has 0 unspecified atom stereocenters. The second-order valence-electron chi connectivity index (χ2n) is 6.96. The minimum atomic E-state index is -0.352. The van der Waals surface area contributed by atoms with Crippen LogP contribution in [-0.2, 0) is 22.6 Å². The van der Waals surface area contributed by atoms with Gasteiger partial charge in [0.25, 0.3) is 0 Å². The molecule has 28 heavy (non-hydrogen) atoms. The molecule has 1 aromatic heterocycles. The van der Waals surface area contributed by atoms with E-state index in [4.69, 9.17) is 4.74 Å². The third-order valence-corrected chi connectivity index (χ3v) is 4.90. The first-order valence-corrected chi connectivity index (χ1v) is 9.86. The second kappa shape index (κ2) is 9.35. The molecule has 0 radical (unpaired) electrons. The van der Waals surface area contributed by atoms with Crippen molar-refractivity contribution in [2.75, 3.05) is 18.1 Å². The molecule has 6 nitrogen and oxygen atoms in total. The summed E-state index contributed by atoms with van der Waals surface area (Å²) >= 11 is 0. The molecule has 1 aromatic carbocycles. The van der Waals surface area contributed by atoms with E-state index in [2.05, 4.69) is 17.2 Å². The van der Waals surface area contributed by atoms with Crippen LogP contribution in [0.15, 0.2) is 42.6 Å².